The van der Waals surface area contributed by atoms with E-state index in [-0.39, 0.29) is 41.6 Å². The normalized spacial score (nSPS) is 22.2. The van der Waals surface area contributed by atoms with Crippen LogP contribution in [-0.2, 0) is 11.0 Å². The number of alkyl halides is 3. The van der Waals surface area contributed by atoms with Crippen LogP contribution >= 0.6 is 0 Å². The minimum Gasteiger partial charge on any atom is -0.367 e. The second kappa shape index (κ2) is 12.8. The number of nitrogens with zero attached hydrogens (tertiary/aromatic N) is 5. The summed E-state index contributed by atoms with van der Waals surface area (Å²) in [5.41, 5.74) is 0.136. The molecule has 3 aliphatic rings. The molecule has 42 heavy (non-hydrogen) atoms. The highest BCUT2D eigenvalue weighted by Crippen LogP contribution is 2.37. The molecular formula is C30H40F3N7O2. The van der Waals surface area contributed by atoms with Gasteiger partial charge in [-0.2, -0.15) is 18.2 Å². The molecule has 1 aromatic heterocycles. The molecule has 2 aliphatic heterocycles. The molecule has 2 atom stereocenters. The number of carbonyl (C=O) groups is 2. The lowest BCUT2D eigenvalue weighted by molar-refractivity contribution is -0.137. The maximum absolute atomic E-state index is 13.8. The number of halogens is 3. The molecule has 0 bridgehead atoms. The average molecular weight is 588 g/mol. The summed E-state index contributed by atoms with van der Waals surface area (Å²) in [7, 11) is 3.90. The summed E-state index contributed by atoms with van der Waals surface area (Å²) < 4.78 is 41.5. The fourth-order valence-corrected chi connectivity index (χ4v) is 6.24. The molecule has 9 nitrogen and oxygen atoms in total. The molecule has 2 N–H and O–H groups in total. The van der Waals surface area contributed by atoms with Gasteiger partial charge in [0, 0.05) is 55.6 Å². The van der Waals surface area contributed by atoms with Crippen LogP contribution in [0.5, 0.6) is 0 Å². The quantitative estimate of drug-likeness (QED) is 0.471. The van der Waals surface area contributed by atoms with Gasteiger partial charge in [0.25, 0.3) is 5.91 Å². The summed E-state index contributed by atoms with van der Waals surface area (Å²) in [4.78, 5) is 40.0. The summed E-state index contributed by atoms with van der Waals surface area (Å²) in [6.07, 6.45) is 2.83. The number of amides is 2. The number of anilines is 3. The van der Waals surface area contributed by atoms with Crippen LogP contribution in [0.1, 0.15) is 67.3 Å². The third kappa shape index (κ3) is 7.14. The molecule has 1 saturated carbocycles. The van der Waals surface area contributed by atoms with Crippen LogP contribution in [0.4, 0.5) is 30.6 Å². The van der Waals surface area contributed by atoms with Gasteiger partial charge in [-0.15, -0.1) is 0 Å². The van der Waals surface area contributed by atoms with Crippen molar-refractivity contribution in [1.29, 1.82) is 0 Å². The Hall–Kier alpha value is -3.41. The lowest BCUT2D eigenvalue weighted by Gasteiger charge is -2.35. The molecule has 1 unspecified atom stereocenters. The Bertz CT molecular complexity index is 1240. The third-order valence-corrected chi connectivity index (χ3v) is 8.83. The molecule has 12 heteroatoms. The van der Waals surface area contributed by atoms with Gasteiger partial charge in [-0.25, -0.2) is 4.98 Å². The number of nitrogens with one attached hydrogen (secondary N) is 2. The molecule has 1 aromatic carbocycles. The maximum atomic E-state index is 13.8. The monoisotopic (exact) mass is 587 g/mol. The predicted octanol–water partition coefficient (Wildman–Crippen LogP) is 5.00. The van der Waals surface area contributed by atoms with Crippen molar-refractivity contribution in [2.45, 2.75) is 69.6 Å². The number of aromatic nitrogens is 2. The van der Waals surface area contributed by atoms with E-state index in [4.69, 9.17) is 0 Å². The molecule has 1 aliphatic carbocycles. The second-order valence-electron chi connectivity index (χ2n) is 11.8. The number of hydrogen-bond acceptors (Lipinski definition) is 7. The SMILES string of the molecule is CN1CCC(N(C)C(=O)c2ccc(Nc3ncc(C(F)(F)F)c(N[C@@H]4CCC(C(=O)N5CCCCC5)C4)n3)cc2)CC1. The summed E-state index contributed by atoms with van der Waals surface area (Å²) in [5.74, 6) is -0.440. The van der Waals surface area contributed by atoms with Gasteiger partial charge in [0.2, 0.25) is 11.9 Å². The lowest BCUT2D eigenvalue weighted by Crippen LogP contribution is -2.44. The van der Waals surface area contributed by atoms with E-state index in [1.54, 1.807) is 29.2 Å². The topological polar surface area (TPSA) is 93.7 Å². The van der Waals surface area contributed by atoms with Crippen LogP contribution in [0, 0.1) is 5.92 Å². The third-order valence-electron chi connectivity index (χ3n) is 8.83. The van der Waals surface area contributed by atoms with Gasteiger partial charge in [0.15, 0.2) is 0 Å². The van der Waals surface area contributed by atoms with E-state index in [0.29, 0.717) is 30.5 Å². The van der Waals surface area contributed by atoms with Crippen molar-refractivity contribution in [2.75, 3.05) is 50.9 Å². The molecule has 2 aromatic rings. The van der Waals surface area contributed by atoms with Gasteiger partial charge in [-0.3, -0.25) is 9.59 Å². The first-order valence-corrected chi connectivity index (χ1v) is 14.9. The van der Waals surface area contributed by atoms with Gasteiger partial charge in [0.05, 0.1) is 0 Å². The number of hydrogen-bond donors (Lipinski definition) is 2. The van der Waals surface area contributed by atoms with Crippen molar-refractivity contribution in [3.8, 4) is 0 Å². The van der Waals surface area contributed by atoms with Gasteiger partial charge < -0.3 is 25.3 Å². The fourth-order valence-electron chi connectivity index (χ4n) is 6.24. The molecule has 2 saturated heterocycles. The standard InChI is InChI=1S/C30H40F3N7O2/c1-38-16-12-24(13-17-38)39(2)27(41)20-6-9-22(10-7-20)36-29-34-19-25(30(31,32)33)26(37-29)35-23-11-8-21(18-23)28(42)40-14-4-3-5-15-40/h6-7,9-10,19,21,23-24H,3-5,8,11-18H2,1-2H3,(H2,34,35,36,37)/t21?,23-/m1/s1. The minimum absolute atomic E-state index is 0.00644. The first kappa shape index (κ1) is 30.1. The molecule has 3 fully saturated rings. The highest BCUT2D eigenvalue weighted by Gasteiger charge is 2.38. The van der Waals surface area contributed by atoms with Crippen LogP contribution < -0.4 is 10.6 Å². The van der Waals surface area contributed by atoms with Gasteiger partial charge in [-0.1, -0.05) is 0 Å². The Balaban J connectivity index is 1.23. The maximum Gasteiger partial charge on any atom is 0.421 e. The molecule has 0 radical (unpaired) electrons. The van der Waals surface area contributed by atoms with Crippen molar-refractivity contribution in [3.05, 3.63) is 41.6 Å². The number of carbonyl (C=O) groups excluding carboxylic acids is 2. The Morgan fingerprint density at radius 3 is 2.33 bits per heavy atom. The van der Waals surface area contributed by atoms with Crippen LogP contribution in [-0.4, -0.2) is 88.8 Å². The summed E-state index contributed by atoms with van der Waals surface area (Å²) in [6.45, 7) is 3.42. The number of likely N-dealkylation sites (tertiary alicyclic amines) is 2. The number of piperidine rings is 2. The van der Waals surface area contributed by atoms with Gasteiger partial charge >= 0.3 is 6.18 Å². The minimum atomic E-state index is -4.63. The summed E-state index contributed by atoms with van der Waals surface area (Å²) in [5, 5.41) is 5.93. The first-order valence-electron chi connectivity index (χ1n) is 14.9. The second-order valence-corrected chi connectivity index (χ2v) is 11.8. The van der Waals surface area contributed by atoms with Crippen molar-refractivity contribution in [1.82, 2.24) is 24.7 Å². The zero-order chi connectivity index (χ0) is 29.9. The largest absolute Gasteiger partial charge is 0.421 e. The predicted molar refractivity (Wildman–Crippen MR) is 155 cm³/mol. The molecule has 5 rings (SSSR count). The van der Waals surface area contributed by atoms with E-state index in [1.165, 1.54) is 0 Å². The molecule has 2 amide bonds. The number of rotatable bonds is 7. The van der Waals surface area contributed by atoms with Crippen molar-refractivity contribution < 1.29 is 22.8 Å². The van der Waals surface area contributed by atoms with Crippen molar-refractivity contribution in [3.63, 3.8) is 0 Å². The zero-order valence-electron chi connectivity index (χ0n) is 24.3. The molecule has 3 heterocycles. The van der Waals surface area contributed by atoms with Gasteiger partial charge in [-0.05, 0) is 95.8 Å². The Morgan fingerprint density at radius 1 is 0.976 bits per heavy atom. The Labute approximate surface area is 244 Å². The van der Waals surface area contributed by atoms with E-state index in [0.717, 1.165) is 64.5 Å². The highest BCUT2D eigenvalue weighted by atomic mass is 19.4. The van der Waals surface area contributed by atoms with Crippen molar-refractivity contribution in [2.24, 2.45) is 5.92 Å². The Morgan fingerprint density at radius 2 is 1.67 bits per heavy atom. The summed E-state index contributed by atoms with van der Waals surface area (Å²) >= 11 is 0. The highest BCUT2D eigenvalue weighted by molar-refractivity contribution is 5.94. The number of benzene rings is 1. The van der Waals surface area contributed by atoms with Crippen LogP contribution in [0.3, 0.4) is 0 Å². The smallest absolute Gasteiger partial charge is 0.367 e. The molecule has 0 spiro atoms. The lowest BCUT2D eigenvalue weighted by atomic mass is 10.0. The average Bonchev–Trinajstić information content (AvgIpc) is 3.45. The van der Waals surface area contributed by atoms with Crippen molar-refractivity contribution >= 4 is 29.3 Å². The first-order chi connectivity index (χ1) is 20.1. The van der Waals surface area contributed by atoms with Gasteiger partial charge in [0.1, 0.15) is 11.4 Å². The van der Waals surface area contributed by atoms with Crippen LogP contribution in [0.15, 0.2) is 30.5 Å². The van der Waals surface area contributed by atoms with E-state index in [2.05, 4.69) is 32.5 Å². The van der Waals surface area contributed by atoms with Crippen LogP contribution in [0.25, 0.3) is 0 Å². The Kier molecular flexibility index (Phi) is 9.19. The van der Waals surface area contributed by atoms with Crippen LogP contribution in [0.2, 0.25) is 0 Å². The van der Waals surface area contributed by atoms with E-state index in [9.17, 15) is 22.8 Å². The van der Waals surface area contributed by atoms with E-state index < -0.39 is 11.7 Å². The fraction of sp³-hybridized carbons (Fsp3) is 0.600. The molecule has 228 valence electrons. The summed E-state index contributed by atoms with van der Waals surface area (Å²) in [6, 6.07) is 6.67. The zero-order valence-corrected chi connectivity index (χ0v) is 24.3. The molecular weight excluding hydrogens is 547 g/mol. The van der Waals surface area contributed by atoms with E-state index >= 15 is 0 Å². The van der Waals surface area contributed by atoms with E-state index in [1.807, 2.05) is 11.9 Å².